The van der Waals surface area contributed by atoms with Crippen molar-refractivity contribution in [3.8, 4) is 6.07 Å². The number of nitrogens with zero attached hydrogens (tertiary/aromatic N) is 1. The van der Waals surface area contributed by atoms with Crippen LogP contribution in [0, 0.1) is 11.3 Å². The Bertz CT molecular complexity index is 372. The Balaban J connectivity index is 1.77. The van der Waals surface area contributed by atoms with Gasteiger partial charge in [0.2, 0.25) is 0 Å². The predicted octanol–water partition coefficient (Wildman–Crippen LogP) is 1.98. The molecule has 0 unspecified atom stereocenters. The molecule has 0 aliphatic heterocycles. The van der Waals surface area contributed by atoms with Crippen LogP contribution in [0.15, 0.2) is 12.1 Å². The molecule has 16 heavy (non-hydrogen) atoms. The lowest BCUT2D eigenvalue weighted by Gasteiger charge is -2.26. The average molecular weight is 235 g/mol. The molecule has 3 N–H and O–H groups in total. The van der Waals surface area contributed by atoms with Crippen molar-refractivity contribution in [2.24, 2.45) is 5.73 Å². The van der Waals surface area contributed by atoms with E-state index >= 15 is 0 Å². The van der Waals surface area contributed by atoms with Crippen molar-refractivity contribution in [2.75, 3.05) is 0 Å². The van der Waals surface area contributed by atoms with Crippen LogP contribution < -0.4 is 11.1 Å². The smallest absolute Gasteiger partial charge is 0.110 e. The zero-order valence-corrected chi connectivity index (χ0v) is 10.1. The summed E-state index contributed by atoms with van der Waals surface area (Å²) in [4.78, 5) is 2.04. The maximum absolute atomic E-state index is 8.72. The Morgan fingerprint density at radius 2 is 2.12 bits per heavy atom. The maximum Gasteiger partial charge on any atom is 0.110 e. The van der Waals surface area contributed by atoms with E-state index in [4.69, 9.17) is 11.0 Å². The molecule has 1 aromatic heterocycles. The highest BCUT2D eigenvalue weighted by Crippen LogP contribution is 2.19. The second-order valence-corrected chi connectivity index (χ2v) is 5.54. The Labute approximate surface area is 100 Å². The summed E-state index contributed by atoms with van der Waals surface area (Å²) in [6, 6.07) is 7.10. The number of hydrogen-bond acceptors (Lipinski definition) is 4. The van der Waals surface area contributed by atoms with Gasteiger partial charge in [-0.1, -0.05) is 0 Å². The van der Waals surface area contributed by atoms with Crippen LogP contribution in [-0.2, 0) is 6.54 Å². The molecule has 4 heteroatoms. The zero-order chi connectivity index (χ0) is 11.4. The highest BCUT2D eigenvalue weighted by molar-refractivity contribution is 7.12. The molecule has 0 amide bonds. The summed E-state index contributed by atoms with van der Waals surface area (Å²) in [6.45, 7) is 0.881. The van der Waals surface area contributed by atoms with E-state index in [-0.39, 0.29) is 0 Å². The molecule has 0 radical (unpaired) electrons. The van der Waals surface area contributed by atoms with Gasteiger partial charge in [-0.3, -0.25) is 0 Å². The lowest BCUT2D eigenvalue weighted by molar-refractivity contribution is 0.342. The van der Waals surface area contributed by atoms with Crippen molar-refractivity contribution in [2.45, 2.75) is 44.3 Å². The van der Waals surface area contributed by atoms with Crippen molar-refractivity contribution in [1.82, 2.24) is 5.32 Å². The molecule has 1 heterocycles. The first kappa shape index (κ1) is 11.6. The van der Waals surface area contributed by atoms with Crippen molar-refractivity contribution in [3.05, 3.63) is 21.9 Å². The van der Waals surface area contributed by atoms with Crippen LogP contribution in [0.2, 0.25) is 0 Å². The molecule has 0 atom stereocenters. The number of rotatable bonds is 3. The van der Waals surface area contributed by atoms with E-state index in [9.17, 15) is 0 Å². The average Bonchev–Trinajstić information content (AvgIpc) is 2.76. The predicted molar refractivity (Wildman–Crippen MR) is 66.1 cm³/mol. The molecule has 1 aliphatic carbocycles. The van der Waals surface area contributed by atoms with Gasteiger partial charge in [0.05, 0.1) is 0 Å². The largest absolute Gasteiger partial charge is 0.328 e. The number of hydrogen-bond donors (Lipinski definition) is 2. The van der Waals surface area contributed by atoms with Crippen molar-refractivity contribution in [3.63, 3.8) is 0 Å². The summed E-state index contributed by atoms with van der Waals surface area (Å²) in [5, 5.41) is 12.3. The van der Waals surface area contributed by atoms with E-state index in [0.29, 0.717) is 12.1 Å². The van der Waals surface area contributed by atoms with E-state index in [1.165, 1.54) is 17.7 Å². The minimum atomic E-state index is 0.407. The van der Waals surface area contributed by atoms with Crippen LogP contribution in [0.3, 0.4) is 0 Å². The topological polar surface area (TPSA) is 61.8 Å². The molecule has 0 aromatic carbocycles. The van der Waals surface area contributed by atoms with Crippen LogP contribution >= 0.6 is 11.3 Å². The molecular weight excluding hydrogens is 218 g/mol. The van der Waals surface area contributed by atoms with Gasteiger partial charge in [0.15, 0.2) is 0 Å². The van der Waals surface area contributed by atoms with Crippen molar-refractivity contribution < 1.29 is 0 Å². The number of nitrogens with one attached hydrogen (secondary N) is 1. The number of thiophene rings is 1. The summed E-state index contributed by atoms with van der Waals surface area (Å²) in [6.07, 6.45) is 4.62. The van der Waals surface area contributed by atoms with Gasteiger partial charge in [-0.15, -0.1) is 11.3 Å². The first-order valence-corrected chi connectivity index (χ1v) is 6.57. The molecule has 0 saturated heterocycles. The normalized spacial score (nSPS) is 25.2. The molecule has 1 aliphatic rings. The minimum absolute atomic E-state index is 0.407. The summed E-state index contributed by atoms with van der Waals surface area (Å²) < 4.78 is 0. The van der Waals surface area contributed by atoms with E-state index in [2.05, 4.69) is 11.4 Å². The zero-order valence-electron chi connectivity index (χ0n) is 9.28. The summed E-state index contributed by atoms with van der Waals surface area (Å²) in [5.74, 6) is 0. The number of nitriles is 1. The second kappa shape index (κ2) is 5.44. The van der Waals surface area contributed by atoms with Crippen molar-refractivity contribution in [1.29, 1.82) is 5.26 Å². The molecule has 86 valence electrons. The van der Waals surface area contributed by atoms with Gasteiger partial charge >= 0.3 is 0 Å². The molecule has 1 aromatic rings. The van der Waals surface area contributed by atoms with Crippen molar-refractivity contribution >= 4 is 11.3 Å². The van der Waals surface area contributed by atoms with E-state index < -0.39 is 0 Å². The van der Waals surface area contributed by atoms with Crippen LogP contribution in [0.25, 0.3) is 0 Å². The van der Waals surface area contributed by atoms with Gasteiger partial charge in [-0.05, 0) is 37.8 Å². The first-order valence-electron chi connectivity index (χ1n) is 5.75. The Hall–Kier alpha value is -0.890. The molecule has 1 fully saturated rings. The van der Waals surface area contributed by atoms with Crippen LogP contribution in [0.1, 0.15) is 35.4 Å². The van der Waals surface area contributed by atoms with Gasteiger partial charge in [0.1, 0.15) is 10.9 Å². The fourth-order valence-electron chi connectivity index (χ4n) is 2.10. The van der Waals surface area contributed by atoms with Crippen LogP contribution in [-0.4, -0.2) is 12.1 Å². The lowest BCUT2D eigenvalue weighted by atomic mass is 9.92. The maximum atomic E-state index is 8.72. The molecule has 1 saturated carbocycles. The Morgan fingerprint density at radius 1 is 1.38 bits per heavy atom. The molecular formula is C12H17N3S. The third-order valence-electron chi connectivity index (χ3n) is 3.11. The van der Waals surface area contributed by atoms with Gasteiger partial charge in [-0.25, -0.2) is 0 Å². The van der Waals surface area contributed by atoms with Crippen LogP contribution in [0.5, 0.6) is 0 Å². The van der Waals surface area contributed by atoms with Gasteiger partial charge in [0.25, 0.3) is 0 Å². The fraction of sp³-hybridized carbons (Fsp3) is 0.583. The second-order valence-electron chi connectivity index (χ2n) is 4.37. The third kappa shape index (κ3) is 3.05. The standard InChI is InChI=1S/C12H17N3S/c13-7-11-5-6-12(16-11)8-15-10-3-1-9(14)2-4-10/h5-6,9-10,15H,1-4,8,14H2. The molecule has 0 spiro atoms. The van der Waals surface area contributed by atoms with Gasteiger partial charge in [0, 0.05) is 23.5 Å². The SMILES string of the molecule is N#Cc1ccc(CNC2CCC(N)CC2)s1. The molecule has 2 rings (SSSR count). The molecule has 3 nitrogen and oxygen atoms in total. The Morgan fingerprint density at radius 3 is 2.75 bits per heavy atom. The fourth-order valence-corrected chi connectivity index (χ4v) is 2.86. The van der Waals surface area contributed by atoms with Crippen LogP contribution in [0.4, 0.5) is 0 Å². The highest BCUT2D eigenvalue weighted by Gasteiger charge is 2.17. The summed E-state index contributed by atoms with van der Waals surface area (Å²) in [5.41, 5.74) is 5.86. The first-order chi connectivity index (χ1) is 7.78. The van der Waals surface area contributed by atoms with Gasteiger partial charge in [-0.2, -0.15) is 5.26 Å². The lowest BCUT2D eigenvalue weighted by Crippen LogP contribution is -2.36. The number of nitrogens with two attached hydrogens (primary N) is 1. The quantitative estimate of drug-likeness (QED) is 0.842. The summed E-state index contributed by atoms with van der Waals surface area (Å²) in [7, 11) is 0. The highest BCUT2D eigenvalue weighted by atomic mass is 32.1. The molecule has 0 bridgehead atoms. The van der Waals surface area contributed by atoms with E-state index in [0.717, 1.165) is 24.3 Å². The third-order valence-corrected chi connectivity index (χ3v) is 4.10. The Kier molecular flexibility index (Phi) is 3.94. The summed E-state index contributed by atoms with van der Waals surface area (Å²) >= 11 is 1.57. The van der Waals surface area contributed by atoms with E-state index in [1.54, 1.807) is 11.3 Å². The minimum Gasteiger partial charge on any atom is -0.328 e. The monoisotopic (exact) mass is 235 g/mol. The van der Waals surface area contributed by atoms with E-state index in [1.807, 2.05) is 12.1 Å². The van der Waals surface area contributed by atoms with Gasteiger partial charge < -0.3 is 11.1 Å².